The van der Waals surface area contributed by atoms with Crippen molar-refractivity contribution in [2.45, 2.75) is 33.7 Å². The Morgan fingerprint density at radius 3 is 2.00 bits per heavy atom. The molecule has 0 amide bonds. The molecule has 0 spiro atoms. The average Bonchev–Trinajstić information content (AvgIpc) is 2.36. The van der Waals surface area contributed by atoms with E-state index < -0.39 is 0 Å². The second kappa shape index (κ2) is 9.11. The lowest BCUT2D eigenvalue weighted by Gasteiger charge is -2.18. The van der Waals surface area contributed by atoms with Crippen LogP contribution in [0, 0.1) is 19.8 Å². The molecule has 1 atom stereocenters. The van der Waals surface area contributed by atoms with Crippen molar-refractivity contribution in [3.8, 4) is 0 Å². The third kappa shape index (κ3) is 6.51. The maximum absolute atomic E-state index is 5.72. The molecule has 0 saturated carbocycles. The van der Waals surface area contributed by atoms with Crippen molar-refractivity contribution in [3.63, 3.8) is 0 Å². The summed E-state index contributed by atoms with van der Waals surface area (Å²) in [5, 5.41) is 3.32. The van der Waals surface area contributed by atoms with Gasteiger partial charge in [0.2, 0.25) is 0 Å². The first kappa shape index (κ1) is 17.2. The molecule has 3 heteroatoms. The minimum atomic E-state index is 0.235. The van der Waals surface area contributed by atoms with E-state index in [1.807, 2.05) is 7.05 Å². The maximum Gasteiger partial charge on any atom is 0.0701 e. The molecule has 1 N–H and O–H groups in total. The Morgan fingerprint density at radius 2 is 1.50 bits per heavy atom. The lowest BCUT2D eigenvalue weighted by atomic mass is 10.0. The summed E-state index contributed by atoms with van der Waals surface area (Å²) in [5.74, 6) is 0.579. The van der Waals surface area contributed by atoms with Gasteiger partial charge < -0.3 is 14.8 Å². The van der Waals surface area contributed by atoms with Crippen molar-refractivity contribution < 1.29 is 9.47 Å². The van der Waals surface area contributed by atoms with Crippen LogP contribution in [-0.2, 0) is 9.47 Å². The fourth-order valence-electron chi connectivity index (χ4n) is 2.20. The number of nitrogens with one attached hydrogen (secondary N) is 1. The molecular weight excluding hydrogens is 250 g/mol. The lowest BCUT2D eigenvalue weighted by molar-refractivity contribution is 0.0309. The summed E-state index contributed by atoms with van der Waals surface area (Å²) in [6, 6.07) is 6.86. The fraction of sp³-hybridized carbons (Fsp3) is 0.647. The van der Waals surface area contributed by atoms with Gasteiger partial charge in [0.1, 0.15) is 0 Å². The molecule has 0 bridgehead atoms. The van der Waals surface area contributed by atoms with Crippen LogP contribution in [0.15, 0.2) is 18.2 Å². The largest absolute Gasteiger partial charge is 0.379 e. The van der Waals surface area contributed by atoms with Crippen molar-refractivity contribution in [1.82, 2.24) is 5.32 Å². The van der Waals surface area contributed by atoms with E-state index in [4.69, 9.17) is 9.47 Å². The molecular formula is C17H29NO2. The molecule has 0 fully saturated rings. The van der Waals surface area contributed by atoms with Crippen molar-refractivity contribution in [3.05, 3.63) is 34.9 Å². The monoisotopic (exact) mass is 279 g/mol. The van der Waals surface area contributed by atoms with Crippen molar-refractivity contribution in [2.75, 3.05) is 33.5 Å². The van der Waals surface area contributed by atoms with Crippen LogP contribution in [-0.4, -0.2) is 33.5 Å². The Labute approximate surface area is 123 Å². The zero-order chi connectivity index (χ0) is 15.0. The van der Waals surface area contributed by atoms with E-state index in [1.54, 1.807) is 0 Å². The van der Waals surface area contributed by atoms with E-state index in [0.29, 0.717) is 25.7 Å². The van der Waals surface area contributed by atoms with Gasteiger partial charge in [-0.2, -0.15) is 0 Å². The highest BCUT2D eigenvalue weighted by atomic mass is 16.5. The van der Waals surface area contributed by atoms with E-state index >= 15 is 0 Å². The first-order chi connectivity index (χ1) is 9.52. The van der Waals surface area contributed by atoms with Gasteiger partial charge in [0.05, 0.1) is 25.9 Å². The van der Waals surface area contributed by atoms with Crippen molar-refractivity contribution >= 4 is 0 Å². The first-order valence-electron chi connectivity index (χ1n) is 7.44. The third-order valence-corrected chi connectivity index (χ3v) is 3.10. The third-order valence-electron chi connectivity index (χ3n) is 3.10. The van der Waals surface area contributed by atoms with Gasteiger partial charge in [-0.25, -0.2) is 0 Å². The summed E-state index contributed by atoms with van der Waals surface area (Å²) in [4.78, 5) is 0. The Bertz CT molecular complexity index is 370. The highest BCUT2D eigenvalue weighted by Gasteiger charge is 2.10. The van der Waals surface area contributed by atoms with Gasteiger partial charge in [-0.15, -0.1) is 0 Å². The zero-order valence-corrected chi connectivity index (χ0v) is 13.5. The summed E-state index contributed by atoms with van der Waals surface area (Å²) in [5.41, 5.74) is 3.87. The standard InChI is InChI=1S/C17H29NO2/c1-13(2)11-19-6-7-20-12-17(18-5)16-9-14(3)8-15(4)10-16/h8-10,13,17-18H,6-7,11-12H2,1-5H3. The van der Waals surface area contributed by atoms with Crippen LogP contribution in [0.25, 0.3) is 0 Å². The lowest BCUT2D eigenvalue weighted by Crippen LogP contribution is -2.23. The quantitative estimate of drug-likeness (QED) is 0.704. The van der Waals surface area contributed by atoms with Crippen LogP contribution < -0.4 is 5.32 Å². The van der Waals surface area contributed by atoms with Crippen molar-refractivity contribution in [2.24, 2.45) is 5.92 Å². The van der Waals surface area contributed by atoms with Gasteiger partial charge in [-0.1, -0.05) is 43.2 Å². The molecule has 20 heavy (non-hydrogen) atoms. The molecule has 0 aliphatic rings. The van der Waals surface area contributed by atoms with Crippen LogP contribution in [0.3, 0.4) is 0 Å². The number of likely N-dealkylation sites (N-methyl/N-ethyl adjacent to an activating group) is 1. The molecule has 3 nitrogen and oxygen atoms in total. The van der Waals surface area contributed by atoms with Gasteiger partial charge in [0, 0.05) is 6.61 Å². The summed E-state index contributed by atoms with van der Waals surface area (Å²) in [6.45, 7) is 11.3. The Kier molecular flexibility index (Phi) is 7.82. The number of aryl methyl sites for hydroxylation is 2. The number of ether oxygens (including phenoxy) is 2. The smallest absolute Gasteiger partial charge is 0.0701 e. The van der Waals surface area contributed by atoms with Crippen LogP contribution in [0.4, 0.5) is 0 Å². The number of benzene rings is 1. The maximum atomic E-state index is 5.72. The van der Waals surface area contributed by atoms with Gasteiger partial charge in [-0.3, -0.25) is 0 Å². The van der Waals surface area contributed by atoms with Gasteiger partial charge in [0.25, 0.3) is 0 Å². The molecule has 0 heterocycles. The molecule has 1 aromatic carbocycles. The van der Waals surface area contributed by atoms with Crippen LogP contribution in [0.1, 0.15) is 36.6 Å². The minimum Gasteiger partial charge on any atom is -0.379 e. The molecule has 0 aliphatic carbocycles. The molecule has 0 saturated heterocycles. The fourth-order valence-corrected chi connectivity index (χ4v) is 2.20. The summed E-state index contributed by atoms with van der Waals surface area (Å²) in [6.07, 6.45) is 0. The Hall–Kier alpha value is -0.900. The Morgan fingerprint density at radius 1 is 0.950 bits per heavy atom. The number of rotatable bonds is 9. The second-order valence-electron chi connectivity index (χ2n) is 5.81. The number of hydrogen-bond acceptors (Lipinski definition) is 3. The highest BCUT2D eigenvalue weighted by molar-refractivity contribution is 5.30. The average molecular weight is 279 g/mol. The van der Waals surface area contributed by atoms with E-state index in [0.717, 1.165) is 6.61 Å². The predicted octanol–water partition coefficient (Wildman–Crippen LogP) is 3.25. The SMILES string of the molecule is CNC(COCCOCC(C)C)c1cc(C)cc(C)c1. The molecule has 114 valence electrons. The summed E-state index contributed by atoms with van der Waals surface area (Å²) >= 11 is 0. The summed E-state index contributed by atoms with van der Waals surface area (Å²) in [7, 11) is 1.97. The van der Waals surface area contributed by atoms with Gasteiger partial charge in [0.15, 0.2) is 0 Å². The number of hydrogen-bond donors (Lipinski definition) is 1. The molecule has 0 aliphatic heterocycles. The van der Waals surface area contributed by atoms with Crippen molar-refractivity contribution in [1.29, 1.82) is 0 Å². The molecule has 1 aromatic rings. The summed E-state index contributed by atoms with van der Waals surface area (Å²) < 4.78 is 11.2. The van der Waals surface area contributed by atoms with Gasteiger partial charge in [-0.05, 0) is 32.4 Å². The normalized spacial score (nSPS) is 12.9. The predicted molar refractivity (Wildman–Crippen MR) is 84.2 cm³/mol. The van der Waals surface area contributed by atoms with Crippen LogP contribution in [0.2, 0.25) is 0 Å². The van der Waals surface area contributed by atoms with E-state index in [9.17, 15) is 0 Å². The van der Waals surface area contributed by atoms with E-state index in [2.05, 4.69) is 51.2 Å². The Balaban J connectivity index is 2.36. The molecule has 0 radical (unpaired) electrons. The van der Waals surface area contributed by atoms with Crippen LogP contribution >= 0.6 is 0 Å². The first-order valence-corrected chi connectivity index (χ1v) is 7.44. The molecule has 1 unspecified atom stereocenters. The highest BCUT2D eigenvalue weighted by Crippen LogP contribution is 2.17. The van der Waals surface area contributed by atoms with Gasteiger partial charge >= 0.3 is 0 Å². The minimum absolute atomic E-state index is 0.235. The van der Waals surface area contributed by atoms with E-state index in [-0.39, 0.29) is 6.04 Å². The van der Waals surface area contributed by atoms with E-state index in [1.165, 1.54) is 16.7 Å². The molecule has 1 rings (SSSR count). The zero-order valence-electron chi connectivity index (χ0n) is 13.5. The van der Waals surface area contributed by atoms with Crippen LogP contribution in [0.5, 0.6) is 0 Å². The second-order valence-corrected chi connectivity index (χ2v) is 5.81. The molecule has 0 aromatic heterocycles. The topological polar surface area (TPSA) is 30.5 Å².